The molecule has 0 saturated carbocycles. The Morgan fingerprint density at radius 1 is 0.821 bits per heavy atom. The Labute approximate surface area is 167 Å². The number of amides is 1. The molecule has 3 heteroatoms. The van der Waals surface area contributed by atoms with E-state index < -0.39 is 6.10 Å². The van der Waals surface area contributed by atoms with Crippen molar-refractivity contribution in [1.82, 2.24) is 4.90 Å². The Bertz CT molecular complexity index is 819. The summed E-state index contributed by atoms with van der Waals surface area (Å²) >= 11 is 0. The maximum Gasteiger partial charge on any atom is 0.264 e. The third-order valence-corrected chi connectivity index (χ3v) is 4.69. The van der Waals surface area contributed by atoms with Gasteiger partial charge in [-0.05, 0) is 36.6 Å². The van der Waals surface area contributed by atoms with E-state index in [1.54, 1.807) is 0 Å². The molecular weight excluding hydrogens is 346 g/mol. The maximum absolute atomic E-state index is 13.4. The zero-order valence-corrected chi connectivity index (χ0v) is 16.5. The first-order chi connectivity index (χ1) is 13.7. The van der Waals surface area contributed by atoms with Gasteiger partial charge in [0.2, 0.25) is 0 Å². The van der Waals surface area contributed by atoms with Crippen LogP contribution in [-0.2, 0) is 17.9 Å². The van der Waals surface area contributed by atoms with Crippen LogP contribution in [0.3, 0.4) is 0 Å². The third kappa shape index (κ3) is 5.46. The van der Waals surface area contributed by atoms with Crippen LogP contribution in [0.1, 0.15) is 30.0 Å². The number of hydrogen-bond donors (Lipinski definition) is 0. The minimum absolute atomic E-state index is 0.00998. The Hall–Kier alpha value is -3.07. The molecule has 0 saturated heterocycles. The number of carbonyl (C=O) groups is 1. The van der Waals surface area contributed by atoms with Crippen molar-refractivity contribution in [3.05, 3.63) is 102 Å². The summed E-state index contributed by atoms with van der Waals surface area (Å²) in [6.07, 6.45) is 0.113. The van der Waals surface area contributed by atoms with Crippen molar-refractivity contribution in [3.8, 4) is 5.75 Å². The molecule has 1 atom stereocenters. The summed E-state index contributed by atoms with van der Waals surface area (Å²) in [5, 5.41) is 0. The molecule has 0 aliphatic heterocycles. The summed E-state index contributed by atoms with van der Waals surface area (Å²) in [6, 6.07) is 28.0. The lowest BCUT2D eigenvalue weighted by atomic mass is 10.1. The van der Waals surface area contributed by atoms with Crippen molar-refractivity contribution in [1.29, 1.82) is 0 Å². The Morgan fingerprint density at radius 3 is 1.79 bits per heavy atom. The van der Waals surface area contributed by atoms with E-state index in [1.807, 2.05) is 104 Å². The molecule has 0 aromatic heterocycles. The number of hydrogen-bond acceptors (Lipinski definition) is 2. The minimum atomic E-state index is -0.505. The van der Waals surface area contributed by atoms with Crippen molar-refractivity contribution >= 4 is 5.91 Å². The van der Waals surface area contributed by atoms with Crippen molar-refractivity contribution in [2.24, 2.45) is 0 Å². The predicted molar refractivity (Wildman–Crippen MR) is 113 cm³/mol. The van der Waals surface area contributed by atoms with Gasteiger partial charge in [0, 0.05) is 13.1 Å². The molecular formula is C25H27NO2. The average Bonchev–Trinajstić information content (AvgIpc) is 2.74. The van der Waals surface area contributed by atoms with Gasteiger partial charge in [0.15, 0.2) is 6.10 Å². The minimum Gasteiger partial charge on any atom is -0.481 e. The van der Waals surface area contributed by atoms with Crippen molar-refractivity contribution in [3.63, 3.8) is 0 Å². The maximum atomic E-state index is 13.4. The van der Waals surface area contributed by atoms with Crippen LogP contribution in [-0.4, -0.2) is 16.9 Å². The highest BCUT2D eigenvalue weighted by atomic mass is 16.5. The summed E-state index contributed by atoms with van der Waals surface area (Å²) in [4.78, 5) is 15.2. The highest BCUT2D eigenvalue weighted by molar-refractivity contribution is 5.81. The molecule has 0 spiro atoms. The van der Waals surface area contributed by atoms with Gasteiger partial charge in [0.05, 0.1) is 0 Å². The second kappa shape index (κ2) is 9.75. The van der Waals surface area contributed by atoms with E-state index in [0.717, 1.165) is 16.9 Å². The fraction of sp³-hybridized carbons (Fsp3) is 0.240. The lowest BCUT2D eigenvalue weighted by Gasteiger charge is -2.28. The molecule has 3 aromatic carbocycles. The fourth-order valence-electron chi connectivity index (χ4n) is 3.11. The van der Waals surface area contributed by atoms with Crippen LogP contribution in [0.4, 0.5) is 0 Å². The second-order valence-electron chi connectivity index (χ2n) is 6.99. The van der Waals surface area contributed by atoms with E-state index in [0.29, 0.717) is 19.5 Å². The van der Waals surface area contributed by atoms with Crippen LogP contribution in [0.15, 0.2) is 84.9 Å². The van der Waals surface area contributed by atoms with Crippen LogP contribution >= 0.6 is 0 Å². The van der Waals surface area contributed by atoms with Crippen LogP contribution in [0.5, 0.6) is 5.75 Å². The molecule has 1 amide bonds. The molecule has 3 nitrogen and oxygen atoms in total. The fourth-order valence-corrected chi connectivity index (χ4v) is 3.11. The first-order valence-electron chi connectivity index (χ1n) is 9.75. The van der Waals surface area contributed by atoms with Gasteiger partial charge < -0.3 is 9.64 Å². The van der Waals surface area contributed by atoms with Gasteiger partial charge in [-0.2, -0.15) is 0 Å². The molecule has 144 valence electrons. The molecule has 0 N–H and O–H groups in total. The van der Waals surface area contributed by atoms with Gasteiger partial charge in [0.1, 0.15) is 5.75 Å². The first-order valence-corrected chi connectivity index (χ1v) is 9.75. The van der Waals surface area contributed by atoms with Crippen LogP contribution in [0.25, 0.3) is 0 Å². The quantitative estimate of drug-likeness (QED) is 0.530. The van der Waals surface area contributed by atoms with Gasteiger partial charge in [-0.25, -0.2) is 0 Å². The molecule has 3 aromatic rings. The molecule has 0 radical (unpaired) electrons. The summed E-state index contributed by atoms with van der Waals surface area (Å²) in [5.41, 5.74) is 3.38. The Morgan fingerprint density at radius 2 is 1.32 bits per heavy atom. The van der Waals surface area contributed by atoms with E-state index in [1.165, 1.54) is 5.56 Å². The predicted octanol–water partition coefficient (Wildman–Crippen LogP) is 5.38. The number of aryl methyl sites for hydroxylation is 1. The first kappa shape index (κ1) is 19.7. The van der Waals surface area contributed by atoms with Gasteiger partial charge in [-0.3, -0.25) is 4.79 Å². The second-order valence-corrected chi connectivity index (χ2v) is 6.99. The largest absolute Gasteiger partial charge is 0.481 e. The number of benzene rings is 3. The SMILES string of the molecule is CC[C@H](Oc1ccc(C)cc1)C(=O)N(Cc1ccccc1)Cc1ccccc1. The average molecular weight is 373 g/mol. The highest BCUT2D eigenvalue weighted by Crippen LogP contribution is 2.18. The zero-order valence-electron chi connectivity index (χ0n) is 16.5. The summed E-state index contributed by atoms with van der Waals surface area (Å²) in [7, 11) is 0. The molecule has 0 heterocycles. The van der Waals surface area contributed by atoms with E-state index in [-0.39, 0.29) is 5.91 Å². The van der Waals surface area contributed by atoms with Crippen molar-refractivity contribution in [2.75, 3.05) is 0 Å². The van der Waals surface area contributed by atoms with E-state index in [2.05, 4.69) is 0 Å². The number of nitrogens with zero attached hydrogens (tertiary/aromatic N) is 1. The van der Waals surface area contributed by atoms with Gasteiger partial charge >= 0.3 is 0 Å². The van der Waals surface area contributed by atoms with Gasteiger partial charge in [0.25, 0.3) is 5.91 Å². The van der Waals surface area contributed by atoms with Crippen LogP contribution < -0.4 is 4.74 Å². The topological polar surface area (TPSA) is 29.5 Å². The molecule has 0 unspecified atom stereocenters. The lowest BCUT2D eigenvalue weighted by Crippen LogP contribution is -2.41. The molecule has 0 aliphatic carbocycles. The molecule has 0 bridgehead atoms. The van der Waals surface area contributed by atoms with Crippen LogP contribution in [0.2, 0.25) is 0 Å². The summed E-state index contributed by atoms with van der Waals surface area (Å²) in [6.45, 7) is 5.14. The van der Waals surface area contributed by atoms with Crippen LogP contribution in [0, 0.1) is 6.92 Å². The monoisotopic (exact) mass is 373 g/mol. The van der Waals surface area contributed by atoms with Crippen molar-refractivity contribution in [2.45, 2.75) is 39.5 Å². The smallest absolute Gasteiger partial charge is 0.264 e. The Kier molecular flexibility index (Phi) is 6.85. The summed E-state index contributed by atoms with van der Waals surface area (Å²) in [5.74, 6) is 0.737. The molecule has 0 aliphatic rings. The zero-order chi connectivity index (χ0) is 19.8. The van der Waals surface area contributed by atoms with E-state index in [9.17, 15) is 4.79 Å². The van der Waals surface area contributed by atoms with Crippen molar-refractivity contribution < 1.29 is 9.53 Å². The Balaban J connectivity index is 1.79. The highest BCUT2D eigenvalue weighted by Gasteiger charge is 2.25. The van der Waals surface area contributed by atoms with E-state index in [4.69, 9.17) is 4.74 Å². The number of carbonyl (C=O) groups excluding carboxylic acids is 1. The van der Waals surface area contributed by atoms with E-state index >= 15 is 0 Å². The van der Waals surface area contributed by atoms with Gasteiger partial charge in [-0.1, -0.05) is 85.3 Å². The third-order valence-electron chi connectivity index (χ3n) is 4.69. The van der Waals surface area contributed by atoms with Gasteiger partial charge in [-0.15, -0.1) is 0 Å². The molecule has 0 fully saturated rings. The normalized spacial score (nSPS) is 11.6. The number of ether oxygens (including phenoxy) is 1. The molecule has 3 rings (SSSR count). The summed E-state index contributed by atoms with van der Waals surface area (Å²) < 4.78 is 6.05. The number of rotatable bonds is 8. The molecule has 28 heavy (non-hydrogen) atoms. The standard InChI is InChI=1S/C25H27NO2/c1-3-24(28-23-16-14-20(2)15-17-23)25(27)26(18-21-10-6-4-7-11-21)19-22-12-8-5-9-13-22/h4-17,24H,3,18-19H2,1-2H3/t24-/m0/s1. The lowest BCUT2D eigenvalue weighted by molar-refractivity contribution is -0.140.